The molecule has 3 heteroatoms. The summed E-state index contributed by atoms with van der Waals surface area (Å²) in [5.74, 6) is 0.431. The van der Waals surface area contributed by atoms with Crippen molar-refractivity contribution in [2.45, 2.75) is 0 Å². The molecule has 0 saturated carbocycles. The van der Waals surface area contributed by atoms with E-state index in [1.165, 1.54) is 12.5 Å². The van der Waals surface area contributed by atoms with E-state index in [2.05, 4.69) is 9.15 Å². The Labute approximate surface area is 45.9 Å². The molecule has 1 rings (SSSR count). The van der Waals surface area contributed by atoms with E-state index >= 15 is 0 Å². The van der Waals surface area contributed by atoms with Crippen molar-refractivity contribution < 1.29 is 13.9 Å². The molecule has 0 fully saturated rings. The predicted molar refractivity (Wildman–Crippen MR) is 25.4 cm³/mol. The molecule has 0 amide bonds. The van der Waals surface area contributed by atoms with Crippen molar-refractivity contribution in [3.8, 4) is 5.75 Å². The topological polar surface area (TPSA) is 39.4 Å². The Morgan fingerprint density at radius 2 is 2.62 bits per heavy atom. The van der Waals surface area contributed by atoms with Crippen LogP contribution in [0.1, 0.15) is 0 Å². The van der Waals surface area contributed by atoms with Crippen molar-refractivity contribution in [2.24, 2.45) is 0 Å². The molecule has 0 N–H and O–H groups in total. The Hall–Kier alpha value is -1.25. The zero-order valence-electron chi connectivity index (χ0n) is 4.03. The van der Waals surface area contributed by atoms with Gasteiger partial charge in [0.1, 0.15) is 6.26 Å². The highest BCUT2D eigenvalue weighted by atomic mass is 16.5. The minimum Gasteiger partial charge on any atom is -0.469 e. The summed E-state index contributed by atoms with van der Waals surface area (Å²) in [4.78, 5) is 9.61. The van der Waals surface area contributed by atoms with Gasteiger partial charge in [-0.15, -0.1) is 0 Å². The van der Waals surface area contributed by atoms with Crippen molar-refractivity contribution in [3.63, 3.8) is 0 Å². The van der Waals surface area contributed by atoms with Crippen molar-refractivity contribution in [3.05, 3.63) is 18.6 Å². The van der Waals surface area contributed by atoms with Crippen molar-refractivity contribution >= 4 is 6.47 Å². The van der Waals surface area contributed by atoms with Crippen LogP contribution in [-0.4, -0.2) is 6.47 Å². The first kappa shape index (κ1) is 4.90. The van der Waals surface area contributed by atoms with Crippen LogP contribution in [0.3, 0.4) is 0 Å². The molecule has 0 aromatic carbocycles. The highest BCUT2D eigenvalue weighted by Crippen LogP contribution is 2.07. The lowest BCUT2D eigenvalue weighted by atomic mass is 10.6. The highest BCUT2D eigenvalue weighted by Gasteiger charge is 1.88. The lowest BCUT2D eigenvalue weighted by Crippen LogP contribution is -1.83. The number of carbonyl (C=O) groups excluding carboxylic acids is 1. The van der Waals surface area contributed by atoms with Crippen molar-refractivity contribution in [2.75, 3.05) is 0 Å². The number of hydrogen-bond acceptors (Lipinski definition) is 3. The molecule has 1 aromatic heterocycles. The van der Waals surface area contributed by atoms with Gasteiger partial charge in [-0.3, -0.25) is 4.79 Å². The molecule has 8 heavy (non-hydrogen) atoms. The van der Waals surface area contributed by atoms with Gasteiger partial charge in [0, 0.05) is 6.07 Å². The standard InChI is InChI=1S/C5H4O3/c6-4-8-5-1-2-7-3-5/h1-4H. The maximum atomic E-state index is 9.61. The maximum absolute atomic E-state index is 9.61. The summed E-state index contributed by atoms with van der Waals surface area (Å²) in [5, 5.41) is 0. The molecule has 0 bridgehead atoms. The molecule has 0 aliphatic carbocycles. The number of hydrogen-bond donors (Lipinski definition) is 0. The zero-order chi connectivity index (χ0) is 5.82. The molecule has 0 radical (unpaired) electrons. The van der Waals surface area contributed by atoms with Gasteiger partial charge in [0.25, 0.3) is 6.47 Å². The van der Waals surface area contributed by atoms with Gasteiger partial charge in [-0.2, -0.15) is 0 Å². The van der Waals surface area contributed by atoms with Crippen LogP contribution in [0.4, 0.5) is 0 Å². The van der Waals surface area contributed by atoms with Crippen LogP contribution in [-0.2, 0) is 4.79 Å². The normalized spacial score (nSPS) is 8.50. The third kappa shape index (κ3) is 0.872. The summed E-state index contributed by atoms with van der Waals surface area (Å²) in [6.45, 7) is 0.352. The summed E-state index contributed by atoms with van der Waals surface area (Å²) in [6, 6.07) is 1.55. The van der Waals surface area contributed by atoms with Gasteiger partial charge in [-0.05, 0) is 0 Å². The summed E-state index contributed by atoms with van der Waals surface area (Å²) < 4.78 is 8.95. The van der Waals surface area contributed by atoms with Crippen LogP contribution < -0.4 is 4.74 Å². The van der Waals surface area contributed by atoms with E-state index in [0.29, 0.717) is 12.2 Å². The Morgan fingerprint density at radius 3 is 3.12 bits per heavy atom. The van der Waals surface area contributed by atoms with Gasteiger partial charge in [0.2, 0.25) is 0 Å². The average Bonchev–Trinajstić information content (AvgIpc) is 2.19. The largest absolute Gasteiger partial charge is 0.469 e. The summed E-state index contributed by atoms with van der Waals surface area (Å²) in [5.41, 5.74) is 0. The fourth-order valence-electron chi connectivity index (χ4n) is 0.375. The minimum atomic E-state index is 0.352. The molecule has 0 aliphatic heterocycles. The Kier molecular flexibility index (Phi) is 1.32. The quantitative estimate of drug-likeness (QED) is 0.531. The minimum absolute atomic E-state index is 0.352. The summed E-state index contributed by atoms with van der Waals surface area (Å²) >= 11 is 0. The third-order valence-electron chi connectivity index (χ3n) is 0.679. The fraction of sp³-hybridized carbons (Fsp3) is 0. The lowest BCUT2D eigenvalue weighted by Gasteiger charge is -1.83. The van der Waals surface area contributed by atoms with E-state index in [4.69, 9.17) is 0 Å². The second kappa shape index (κ2) is 2.16. The molecule has 1 aromatic rings. The molecule has 3 nitrogen and oxygen atoms in total. The smallest absolute Gasteiger partial charge is 0.298 e. The molecular weight excluding hydrogens is 108 g/mol. The Bertz CT molecular complexity index is 154. The van der Waals surface area contributed by atoms with Crippen LogP contribution in [0.15, 0.2) is 23.0 Å². The van der Waals surface area contributed by atoms with Crippen LogP contribution in [0.5, 0.6) is 5.75 Å². The lowest BCUT2D eigenvalue weighted by molar-refractivity contribution is -0.120. The molecule has 1 heterocycles. The van der Waals surface area contributed by atoms with E-state index < -0.39 is 0 Å². The third-order valence-corrected chi connectivity index (χ3v) is 0.679. The molecule has 0 atom stereocenters. The second-order valence-electron chi connectivity index (χ2n) is 1.17. The van der Waals surface area contributed by atoms with Crippen molar-refractivity contribution in [1.29, 1.82) is 0 Å². The van der Waals surface area contributed by atoms with Gasteiger partial charge in [0.15, 0.2) is 5.75 Å². The SMILES string of the molecule is O=COc1ccoc1. The predicted octanol–water partition coefficient (Wildman–Crippen LogP) is 0.815. The maximum Gasteiger partial charge on any atom is 0.298 e. The van der Waals surface area contributed by atoms with E-state index in [1.54, 1.807) is 6.07 Å². The second-order valence-corrected chi connectivity index (χ2v) is 1.17. The average molecular weight is 112 g/mol. The van der Waals surface area contributed by atoms with Gasteiger partial charge in [0.05, 0.1) is 6.26 Å². The van der Waals surface area contributed by atoms with Gasteiger partial charge in [-0.25, -0.2) is 0 Å². The first-order valence-corrected chi connectivity index (χ1v) is 2.06. The first-order valence-electron chi connectivity index (χ1n) is 2.06. The summed E-state index contributed by atoms with van der Waals surface area (Å²) in [7, 11) is 0. The van der Waals surface area contributed by atoms with E-state index in [-0.39, 0.29) is 0 Å². The molecule has 0 unspecified atom stereocenters. The van der Waals surface area contributed by atoms with E-state index in [1.807, 2.05) is 0 Å². The highest BCUT2D eigenvalue weighted by molar-refractivity contribution is 5.43. The first-order chi connectivity index (χ1) is 3.93. The number of carbonyl (C=O) groups is 1. The van der Waals surface area contributed by atoms with Crippen LogP contribution in [0, 0.1) is 0 Å². The Balaban J connectivity index is 2.62. The van der Waals surface area contributed by atoms with Gasteiger partial charge >= 0.3 is 0 Å². The zero-order valence-corrected chi connectivity index (χ0v) is 4.03. The van der Waals surface area contributed by atoms with E-state index in [0.717, 1.165) is 0 Å². The molecule has 0 saturated heterocycles. The van der Waals surface area contributed by atoms with Gasteiger partial charge < -0.3 is 9.15 Å². The molecular formula is C5H4O3. The Morgan fingerprint density at radius 1 is 1.75 bits per heavy atom. The molecule has 0 aliphatic rings. The van der Waals surface area contributed by atoms with Crippen LogP contribution >= 0.6 is 0 Å². The van der Waals surface area contributed by atoms with Crippen LogP contribution in [0.25, 0.3) is 0 Å². The summed E-state index contributed by atoms with van der Waals surface area (Å²) in [6.07, 6.45) is 2.77. The monoisotopic (exact) mass is 112 g/mol. The van der Waals surface area contributed by atoms with Crippen LogP contribution in [0.2, 0.25) is 0 Å². The number of rotatable bonds is 2. The fourth-order valence-corrected chi connectivity index (χ4v) is 0.375. The van der Waals surface area contributed by atoms with Gasteiger partial charge in [-0.1, -0.05) is 0 Å². The number of furan rings is 1. The number of ether oxygens (including phenoxy) is 1. The van der Waals surface area contributed by atoms with Crippen molar-refractivity contribution in [1.82, 2.24) is 0 Å². The van der Waals surface area contributed by atoms with E-state index in [9.17, 15) is 4.79 Å². The molecule has 0 spiro atoms. The molecule has 42 valence electrons.